The number of hydrogen-bond donors (Lipinski definition) is 1. The maximum Gasteiger partial charge on any atom is 0.0510 e. The van der Waals surface area contributed by atoms with Crippen LogP contribution in [0.4, 0.5) is 5.69 Å². The Morgan fingerprint density at radius 2 is 2.14 bits per heavy atom. The first-order chi connectivity index (χ1) is 10.2. The summed E-state index contributed by atoms with van der Waals surface area (Å²) in [5, 5.41) is 0. The molecule has 0 aliphatic carbocycles. The predicted molar refractivity (Wildman–Crippen MR) is 92.9 cm³/mol. The second-order valence-electron chi connectivity index (χ2n) is 6.51. The minimum absolute atomic E-state index is 0.714. The highest BCUT2D eigenvalue weighted by molar-refractivity contribution is 9.10. The smallest absolute Gasteiger partial charge is 0.0510 e. The number of nitrogens with two attached hydrogens (primary N) is 1. The number of likely N-dealkylation sites (tertiary alicyclic amines) is 1. The number of piperidine rings is 2. The number of fused-ring (bicyclic) bond motifs is 1. The first-order valence-corrected chi connectivity index (χ1v) is 8.92. The van der Waals surface area contributed by atoms with Crippen molar-refractivity contribution in [3.8, 4) is 0 Å². The number of benzene rings is 1. The molecule has 2 saturated heterocycles. The maximum absolute atomic E-state index is 5.65. The van der Waals surface area contributed by atoms with Crippen LogP contribution in [-0.2, 0) is 6.42 Å². The van der Waals surface area contributed by atoms with Crippen LogP contribution in [0.15, 0.2) is 22.7 Å². The van der Waals surface area contributed by atoms with Crippen LogP contribution in [0, 0.1) is 5.92 Å². The van der Waals surface area contributed by atoms with Gasteiger partial charge in [-0.2, -0.15) is 0 Å². The topological polar surface area (TPSA) is 32.5 Å². The SMILES string of the molecule is CN1CCCC2CN(c3ccc(CCN)cc3Br)CCC21. The van der Waals surface area contributed by atoms with E-state index in [2.05, 4.69) is 51.0 Å². The van der Waals surface area contributed by atoms with Gasteiger partial charge in [0.2, 0.25) is 0 Å². The van der Waals surface area contributed by atoms with Crippen LogP contribution >= 0.6 is 15.9 Å². The summed E-state index contributed by atoms with van der Waals surface area (Å²) in [6, 6.07) is 7.53. The van der Waals surface area contributed by atoms with Crippen molar-refractivity contribution in [1.82, 2.24) is 4.90 Å². The molecule has 21 heavy (non-hydrogen) atoms. The third-order valence-corrected chi connectivity index (χ3v) is 5.77. The molecule has 116 valence electrons. The van der Waals surface area contributed by atoms with Gasteiger partial charge < -0.3 is 15.5 Å². The summed E-state index contributed by atoms with van der Waals surface area (Å²) in [6.07, 6.45) is 4.98. The van der Waals surface area contributed by atoms with Gasteiger partial charge >= 0.3 is 0 Å². The third kappa shape index (κ3) is 3.27. The summed E-state index contributed by atoms with van der Waals surface area (Å²) in [5.74, 6) is 0.827. The van der Waals surface area contributed by atoms with Crippen molar-refractivity contribution in [1.29, 1.82) is 0 Å². The highest BCUT2D eigenvalue weighted by Crippen LogP contribution is 2.35. The Kier molecular flexibility index (Phi) is 4.87. The van der Waals surface area contributed by atoms with Crippen molar-refractivity contribution in [2.24, 2.45) is 11.7 Å². The molecule has 0 saturated carbocycles. The van der Waals surface area contributed by atoms with E-state index < -0.39 is 0 Å². The van der Waals surface area contributed by atoms with E-state index in [1.54, 1.807) is 0 Å². The number of halogens is 1. The molecule has 0 radical (unpaired) electrons. The molecule has 2 aliphatic rings. The van der Waals surface area contributed by atoms with Crippen molar-refractivity contribution in [2.75, 3.05) is 38.1 Å². The average molecular weight is 352 g/mol. The largest absolute Gasteiger partial charge is 0.370 e. The fraction of sp³-hybridized carbons (Fsp3) is 0.647. The molecular weight excluding hydrogens is 326 g/mol. The molecule has 1 aromatic rings. The summed E-state index contributed by atoms with van der Waals surface area (Å²) in [6.45, 7) is 4.36. The van der Waals surface area contributed by atoms with Crippen molar-refractivity contribution < 1.29 is 0 Å². The van der Waals surface area contributed by atoms with Crippen LogP contribution in [0.5, 0.6) is 0 Å². The van der Waals surface area contributed by atoms with Crippen molar-refractivity contribution in [3.63, 3.8) is 0 Å². The van der Waals surface area contributed by atoms with Crippen LogP contribution in [0.25, 0.3) is 0 Å². The summed E-state index contributed by atoms with van der Waals surface area (Å²) in [5.41, 5.74) is 8.32. The van der Waals surface area contributed by atoms with Gasteiger partial charge in [0.1, 0.15) is 0 Å². The molecule has 3 nitrogen and oxygen atoms in total. The lowest BCUT2D eigenvalue weighted by molar-refractivity contribution is 0.102. The van der Waals surface area contributed by atoms with Gasteiger partial charge in [-0.15, -0.1) is 0 Å². The third-order valence-electron chi connectivity index (χ3n) is 5.13. The standard InChI is InChI=1S/C17H26BrN3/c1-20-9-2-3-14-12-21(10-7-16(14)20)17-5-4-13(6-8-19)11-15(17)18/h4-5,11,14,16H,2-3,6-10,12,19H2,1H3. The van der Waals surface area contributed by atoms with Gasteiger partial charge in [0.25, 0.3) is 0 Å². The van der Waals surface area contributed by atoms with Gasteiger partial charge in [-0.1, -0.05) is 6.07 Å². The molecule has 0 bridgehead atoms. The number of hydrogen-bond acceptors (Lipinski definition) is 3. The number of anilines is 1. The summed E-state index contributed by atoms with van der Waals surface area (Å²) < 4.78 is 1.22. The molecule has 2 fully saturated rings. The highest BCUT2D eigenvalue weighted by Gasteiger charge is 2.34. The van der Waals surface area contributed by atoms with E-state index in [-0.39, 0.29) is 0 Å². The minimum atomic E-state index is 0.714. The minimum Gasteiger partial charge on any atom is -0.370 e. The first kappa shape index (κ1) is 15.3. The van der Waals surface area contributed by atoms with E-state index in [9.17, 15) is 0 Å². The van der Waals surface area contributed by atoms with Crippen LogP contribution < -0.4 is 10.6 Å². The molecular formula is C17H26BrN3. The quantitative estimate of drug-likeness (QED) is 0.908. The molecule has 0 aromatic heterocycles. The zero-order valence-corrected chi connectivity index (χ0v) is 14.5. The zero-order chi connectivity index (χ0) is 14.8. The van der Waals surface area contributed by atoms with E-state index in [0.717, 1.165) is 18.4 Å². The fourth-order valence-corrected chi connectivity index (χ4v) is 4.68. The fourth-order valence-electron chi connectivity index (χ4n) is 4.00. The lowest BCUT2D eigenvalue weighted by atomic mass is 9.84. The number of nitrogens with zero attached hydrogens (tertiary/aromatic N) is 2. The van der Waals surface area contributed by atoms with E-state index >= 15 is 0 Å². The van der Waals surface area contributed by atoms with Gasteiger partial charge in [-0.05, 0) is 85.4 Å². The molecule has 2 unspecified atom stereocenters. The Balaban J connectivity index is 1.73. The van der Waals surface area contributed by atoms with Gasteiger partial charge in [-0.25, -0.2) is 0 Å². The van der Waals surface area contributed by atoms with E-state index in [1.807, 2.05) is 0 Å². The van der Waals surface area contributed by atoms with Gasteiger partial charge in [0.15, 0.2) is 0 Å². The Labute approximate surface area is 136 Å². The first-order valence-electron chi connectivity index (χ1n) is 8.12. The Morgan fingerprint density at radius 1 is 1.29 bits per heavy atom. The van der Waals surface area contributed by atoms with E-state index in [1.165, 1.54) is 54.6 Å². The summed E-state index contributed by atoms with van der Waals surface area (Å²) in [7, 11) is 2.30. The zero-order valence-electron chi connectivity index (χ0n) is 12.9. The van der Waals surface area contributed by atoms with Crippen LogP contribution in [0.3, 0.4) is 0 Å². The van der Waals surface area contributed by atoms with Gasteiger partial charge in [0.05, 0.1) is 5.69 Å². The Bertz CT molecular complexity index is 491. The Morgan fingerprint density at radius 3 is 2.90 bits per heavy atom. The molecule has 2 aliphatic heterocycles. The molecule has 4 heteroatoms. The lowest BCUT2D eigenvalue weighted by Gasteiger charge is -2.46. The maximum atomic E-state index is 5.65. The molecule has 1 aromatic carbocycles. The van der Waals surface area contributed by atoms with E-state index in [0.29, 0.717) is 6.54 Å². The lowest BCUT2D eigenvalue weighted by Crippen LogP contribution is -2.52. The monoisotopic (exact) mass is 351 g/mol. The van der Waals surface area contributed by atoms with Crippen LogP contribution in [0.2, 0.25) is 0 Å². The second-order valence-corrected chi connectivity index (χ2v) is 7.36. The van der Waals surface area contributed by atoms with Crippen molar-refractivity contribution in [3.05, 3.63) is 28.2 Å². The van der Waals surface area contributed by atoms with Crippen LogP contribution in [0.1, 0.15) is 24.8 Å². The van der Waals surface area contributed by atoms with Crippen LogP contribution in [-0.4, -0.2) is 44.2 Å². The summed E-state index contributed by atoms with van der Waals surface area (Å²) in [4.78, 5) is 5.14. The highest BCUT2D eigenvalue weighted by atomic mass is 79.9. The van der Waals surface area contributed by atoms with Crippen molar-refractivity contribution >= 4 is 21.6 Å². The number of rotatable bonds is 3. The second kappa shape index (κ2) is 6.67. The molecule has 2 atom stereocenters. The van der Waals surface area contributed by atoms with E-state index in [4.69, 9.17) is 5.73 Å². The normalized spacial score (nSPS) is 26.7. The molecule has 3 rings (SSSR count). The molecule has 0 amide bonds. The van der Waals surface area contributed by atoms with Gasteiger partial charge in [-0.3, -0.25) is 0 Å². The van der Waals surface area contributed by atoms with Gasteiger partial charge in [0, 0.05) is 23.6 Å². The predicted octanol–water partition coefficient (Wildman–Crippen LogP) is 2.87. The molecule has 0 spiro atoms. The Hall–Kier alpha value is -0.580. The molecule has 2 heterocycles. The average Bonchev–Trinajstić information content (AvgIpc) is 2.48. The molecule has 2 N–H and O–H groups in total. The summed E-state index contributed by atoms with van der Waals surface area (Å²) >= 11 is 3.76. The van der Waals surface area contributed by atoms with Crippen molar-refractivity contribution in [2.45, 2.75) is 31.7 Å².